The number of benzene rings is 2. The van der Waals surface area contributed by atoms with Gasteiger partial charge in [-0.1, -0.05) is 18.2 Å². The number of nitrogens with one attached hydrogen (secondary N) is 1. The fourth-order valence-corrected chi connectivity index (χ4v) is 3.76. The molecule has 3 rings (SSSR count). The normalized spacial score (nSPS) is 15.2. The Hall–Kier alpha value is -2.98. The number of methoxy groups -OCH3 is 1. The number of carbonyl (C=O) groups is 2. The predicted octanol–water partition coefficient (Wildman–Crippen LogP) is 2.98. The van der Waals surface area contributed by atoms with E-state index >= 15 is 0 Å². The molecule has 0 spiro atoms. The quantitative estimate of drug-likeness (QED) is 0.484. The van der Waals surface area contributed by atoms with Crippen molar-refractivity contribution in [3.05, 3.63) is 58.5 Å². The first-order valence-corrected chi connectivity index (χ1v) is 11.4. The molecule has 1 aliphatic rings. The highest BCUT2D eigenvalue weighted by molar-refractivity contribution is 8.18. The Morgan fingerprint density at radius 2 is 1.80 bits per heavy atom. The van der Waals surface area contributed by atoms with Crippen molar-refractivity contribution in [1.82, 2.24) is 5.32 Å². The van der Waals surface area contributed by atoms with Gasteiger partial charge in [-0.3, -0.25) is 14.9 Å². The zero-order valence-corrected chi connectivity index (χ0v) is 17.8. The van der Waals surface area contributed by atoms with Gasteiger partial charge in [0, 0.05) is 6.42 Å². The number of hydrogen-bond donors (Lipinski definition) is 1. The highest BCUT2D eigenvalue weighted by Crippen LogP contribution is 2.29. The summed E-state index contributed by atoms with van der Waals surface area (Å²) in [5.41, 5.74) is 1.67. The van der Waals surface area contributed by atoms with E-state index in [-0.39, 0.29) is 11.0 Å². The van der Waals surface area contributed by atoms with E-state index < -0.39 is 16.0 Å². The smallest absolute Gasteiger partial charge is 0.306 e. The van der Waals surface area contributed by atoms with Crippen molar-refractivity contribution >= 4 is 39.1 Å². The van der Waals surface area contributed by atoms with Crippen LogP contribution in [0.1, 0.15) is 11.1 Å². The molecule has 0 bridgehead atoms. The molecule has 0 unspecified atom stereocenters. The third kappa shape index (κ3) is 6.01. The zero-order valence-electron chi connectivity index (χ0n) is 16.2. The van der Waals surface area contributed by atoms with Crippen molar-refractivity contribution in [2.24, 2.45) is 0 Å². The lowest BCUT2D eigenvalue weighted by molar-refractivity contribution is -0.115. The van der Waals surface area contributed by atoms with Crippen LogP contribution in [0.2, 0.25) is 0 Å². The Bertz CT molecular complexity index is 1090. The maximum atomic E-state index is 11.6. The van der Waals surface area contributed by atoms with E-state index in [1.165, 1.54) is 7.11 Å². The Kier molecular flexibility index (Phi) is 6.68. The zero-order chi connectivity index (χ0) is 21.7. The molecule has 1 saturated heterocycles. The van der Waals surface area contributed by atoms with Crippen LogP contribution in [0.4, 0.5) is 4.79 Å². The molecule has 0 saturated carbocycles. The number of imide groups is 1. The topological polar surface area (TPSA) is 108 Å². The van der Waals surface area contributed by atoms with Gasteiger partial charge in [0.15, 0.2) is 11.5 Å². The fourth-order valence-electron chi connectivity index (χ4n) is 2.62. The van der Waals surface area contributed by atoms with E-state index in [1.54, 1.807) is 48.5 Å². The van der Waals surface area contributed by atoms with Crippen molar-refractivity contribution in [1.29, 1.82) is 0 Å². The molecule has 8 nitrogen and oxygen atoms in total. The Morgan fingerprint density at radius 1 is 1.07 bits per heavy atom. The Morgan fingerprint density at radius 3 is 2.40 bits per heavy atom. The van der Waals surface area contributed by atoms with Crippen LogP contribution in [-0.4, -0.2) is 39.5 Å². The fraction of sp³-hybridized carbons (Fsp3) is 0.200. The molecule has 1 aliphatic heterocycles. The number of hydrogen-bond acceptors (Lipinski definition) is 8. The lowest BCUT2D eigenvalue weighted by Gasteiger charge is -2.11. The van der Waals surface area contributed by atoms with E-state index in [0.29, 0.717) is 29.4 Å². The molecular formula is C20H19NO7S2. The van der Waals surface area contributed by atoms with Gasteiger partial charge >= 0.3 is 10.1 Å². The van der Waals surface area contributed by atoms with Crippen molar-refractivity contribution < 1.29 is 31.7 Å². The maximum Gasteiger partial charge on any atom is 0.306 e. The summed E-state index contributed by atoms with van der Waals surface area (Å²) in [5, 5.41) is 1.83. The second-order valence-corrected chi connectivity index (χ2v) is 8.88. The van der Waals surface area contributed by atoms with Crippen LogP contribution in [0.5, 0.6) is 17.2 Å². The minimum Gasteiger partial charge on any atom is -0.493 e. The number of amides is 2. The summed E-state index contributed by atoms with van der Waals surface area (Å²) >= 11 is 0.869. The third-order valence-corrected chi connectivity index (χ3v) is 5.24. The van der Waals surface area contributed by atoms with Gasteiger partial charge in [0.25, 0.3) is 11.1 Å². The largest absolute Gasteiger partial charge is 0.493 e. The molecule has 1 heterocycles. The number of carbonyl (C=O) groups excluding carboxylic acids is 2. The van der Waals surface area contributed by atoms with Crippen LogP contribution in [0.25, 0.3) is 6.08 Å². The molecule has 1 N–H and O–H groups in total. The van der Waals surface area contributed by atoms with Gasteiger partial charge in [-0.05, 0) is 53.2 Å². The molecule has 10 heteroatoms. The van der Waals surface area contributed by atoms with Crippen LogP contribution in [0.15, 0.2) is 47.4 Å². The lowest BCUT2D eigenvalue weighted by Crippen LogP contribution is -2.17. The predicted molar refractivity (Wildman–Crippen MR) is 113 cm³/mol. The van der Waals surface area contributed by atoms with Gasteiger partial charge in [-0.2, -0.15) is 8.42 Å². The third-order valence-electron chi connectivity index (χ3n) is 3.95. The van der Waals surface area contributed by atoms with Crippen molar-refractivity contribution in [2.75, 3.05) is 20.0 Å². The summed E-state index contributed by atoms with van der Waals surface area (Å²) < 4.78 is 38.4. The van der Waals surface area contributed by atoms with E-state index in [4.69, 9.17) is 13.7 Å². The molecule has 2 amide bonds. The number of rotatable bonds is 8. The SMILES string of the molecule is COc1cc(CCOc2ccc(C=C3SC(=O)NC3=O)cc2)ccc1OS(C)(=O)=O. The highest BCUT2D eigenvalue weighted by Gasteiger charge is 2.24. The maximum absolute atomic E-state index is 11.6. The van der Waals surface area contributed by atoms with Gasteiger partial charge in [0.05, 0.1) is 24.9 Å². The molecule has 0 aromatic heterocycles. The van der Waals surface area contributed by atoms with E-state index in [2.05, 4.69) is 5.32 Å². The van der Waals surface area contributed by atoms with Crippen LogP contribution in [0, 0.1) is 0 Å². The van der Waals surface area contributed by atoms with Crippen LogP contribution >= 0.6 is 11.8 Å². The molecule has 0 aliphatic carbocycles. The van der Waals surface area contributed by atoms with E-state index in [1.807, 2.05) is 0 Å². The molecule has 1 fully saturated rings. The lowest BCUT2D eigenvalue weighted by atomic mass is 10.1. The summed E-state index contributed by atoms with van der Waals surface area (Å²) in [6, 6.07) is 12.1. The molecule has 2 aromatic carbocycles. The molecule has 30 heavy (non-hydrogen) atoms. The van der Waals surface area contributed by atoms with Gasteiger partial charge in [0.1, 0.15) is 5.75 Å². The molecular weight excluding hydrogens is 430 g/mol. The summed E-state index contributed by atoms with van der Waals surface area (Å²) in [7, 11) is -2.21. The number of ether oxygens (including phenoxy) is 2. The standard InChI is InChI=1S/C20H19NO7S2/c1-26-17-11-14(5-8-16(17)28-30(2,24)25)9-10-27-15-6-3-13(4-7-15)12-18-19(22)21-20(23)29-18/h3-8,11-12H,9-10H2,1-2H3,(H,21,22,23). The van der Waals surface area contributed by atoms with Gasteiger partial charge in [0.2, 0.25) is 0 Å². The molecule has 0 radical (unpaired) electrons. The van der Waals surface area contributed by atoms with Gasteiger partial charge in [-0.15, -0.1) is 0 Å². The second-order valence-electron chi connectivity index (χ2n) is 6.29. The first-order chi connectivity index (χ1) is 14.2. The molecule has 158 valence electrons. The average molecular weight is 450 g/mol. The Labute approximate surface area is 178 Å². The summed E-state index contributed by atoms with van der Waals surface area (Å²) in [6.07, 6.45) is 3.18. The highest BCUT2D eigenvalue weighted by atomic mass is 32.2. The molecule has 2 aromatic rings. The Balaban J connectivity index is 1.57. The average Bonchev–Trinajstić information content (AvgIpc) is 3.00. The second kappa shape index (κ2) is 9.23. The van der Waals surface area contributed by atoms with E-state index in [0.717, 1.165) is 29.1 Å². The van der Waals surface area contributed by atoms with Gasteiger partial charge in [-0.25, -0.2) is 0 Å². The van der Waals surface area contributed by atoms with Crippen molar-refractivity contribution in [3.8, 4) is 17.2 Å². The molecule has 0 atom stereocenters. The monoisotopic (exact) mass is 449 g/mol. The van der Waals surface area contributed by atoms with E-state index in [9.17, 15) is 18.0 Å². The van der Waals surface area contributed by atoms with Crippen molar-refractivity contribution in [2.45, 2.75) is 6.42 Å². The first-order valence-electron chi connectivity index (χ1n) is 8.77. The summed E-state index contributed by atoms with van der Waals surface area (Å²) in [4.78, 5) is 23.1. The van der Waals surface area contributed by atoms with Crippen molar-refractivity contribution in [3.63, 3.8) is 0 Å². The van der Waals surface area contributed by atoms with Gasteiger partial charge < -0.3 is 13.7 Å². The van der Waals surface area contributed by atoms with Crippen LogP contribution < -0.4 is 19.0 Å². The minimum absolute atomic E-state index is 0.130. The first kappa shape index (κ1) is 21.7. The number of thioether (sulfide) groups is 1. The van der Waals surface area contributed by atoms with Crippen LogP contribution in [0.3, 0.4) is 0 Å². The summed E-state index contributed by atoms with van der Waals surface area (Å²) in [5.74, 6) is 0.710. The summed E-state index contributed by atoms with van der Waals surface area (Å²) in [6.45, 7) is 0.391. The minimum atomic E-state index is -3.64. The van der Waals surface area contributed by atoms with Crippen LogP contribution in [-0.2, 0) is 21.3 Å².